The van der Waals surface area contributed by atoms with Crippen molar-refractivity contribution < 1.29 is 18.8 Å². The quantitative estimate of drug-likeness (QED) is 0.113. The molecule has 3 aromatic heterocycles. The van der Waals surface area contributed by atoms with Gasteiger partial charge in [-0.05, 0) is 81.4 Å². The Balaban J connectivity index is 1.32. The number of rotatable bonds is 14. The molecule has 2 fully saturated rings. The van der Waals surface area contributed by atoms with E-state index < -0.39 is 14.1 Å². The highest BCUT2D eigenvalue weighted by molar-refractivity contribution is 6.76. The molecule has 2 amide bonds. The number of carbonyl (C=O) groups excluding carboxylic acids is 2. The van der Waals surface area contributed by atoms with Gasteiger partial charge < -0.3 is 19.9 Å². The minimum absolute atomic E-state index is 0.0103. The second kappa shape index (κ2) is 13.1. The van der Waals surface area contributed by atoms with Crippen LogP contribution in [-0.2, 0) is 16.3 Å². The maximum Gasteiger partial charge on any atom is 0.257 e. The first-order valence-corrected chi connectivity index (χ1v) is 19.8. The molecule has 2 aliphatic rings. The van der Waals surface area contributed by atoms with Crippen LogP contribution >= 0.6 is 11.6 Å². The molecule has 2 N–H and O–H groups in total. The van der Waals surface area contributed by atoms with E-state index in [4.69, 9.17) is 20.9 Å². The van der Waals surface area contributed by atoms with Gasteiger partial charge in [0, 0.05) is 31.5 Å². The molecule has 0 aromatic carbocycles. The first-order valence-electron chi connectivity index (χ1n) is 15.7. The van der Waals surface area contributed by atoms with Crippen molar-refractivity contribution in [2.24, 2.45) is 17.8 Å². The second-order valence-electron chi connectivity index (χ2n) is 13.9. The summed E-state index contributed by atoms with van der Waals surface area (Å²) in [5, 5.41) is 14.9. The molecule has 238 valence electrons. The van der Waals surface area contributed by atoms with Gasteiger partial charge in [0.1, 0.15) is 35.6 Å². The Morgan fingerprint density at radius 2 is 1.82 bits per heavy atom. The molecule has 0 aliphatic heterocycles. The van der Waals surface area contributed by atoms with E-state index in [2.05, 4.69) is 45.5 Å². The molecule has 10 nitrogen and oxygen atoms in total. The average Bonchev–Trinajstić information content (AvgIpc) is 3.88. The van der Waals surface area contributed by atoms with E-state index in [1.807, 2.05) is 38.4 Å². The predicted molar refractivity (Wildman–Crippen MR) is 173 cm³/mol. The summed E-state index contributed by atoms with van der Waals surface area (Å²) in [4.78, 5) is 31.8. The van der Waals surface area contributed by atoms with Crippen LogP contribution in [0.5, 0.6) is 0 Å². The minimum atomic E-state index is -1.18. The van der Waals surface area contributed by atoms with E-state index in [0.29, 0.717) is 42.2 Å². The van der Waals surface area contributed by atoms with Gasteiger partial charge in [-0.1, -0.05) is 50.2 Å². The Bertz CT molecular complexity index is 1490. The number of carbonyl (C=O) groups is 2. The third-order valence-electron chi connectivity index (χ3n) is 8.64. The topological polar surface area (TPSA) is 124 Å². The number of halogens is 1. The van der Waals surface area contributed by atoms with Crippen LogP contribution in [-0.4, -0.2) is 52.5 Å². The maximum atomic E-state index is 13.8. The number of anilines is 1. The summed E-state index contributed by atoms with van der Waals surface area (Å²) in [7, 11) is -1.18. The SMILES string of the molecule is Cc1nn(COCC[Si](C)(C)C)c(C)c1-c1ccc(NC(=O)[C@@H](NC(=O)c2conc2C(C)C)C(C2CC2)C2CC2)nc1Cl. The molecule has 0 saturated heterocycles. The standard InChI is InChI=1S/C32H45ClN6O4Si/c1-18(2)28-24(16-43-38-28)31(40)36-29(27(21-8-9-21)22-10-11-22)32(41)35-25-13-12-23(30(33)34-25)26-19(3)37-39(20(26)4)17-42-14-15-44(5,6)7/h12-13,16,18,21-22,27,29H,8-11,14-15,17H2,1-7H3,(H,36,40)(H,34,35,41)/t29-/m0/s1. The van der Waals surface area contributed by atoms with Crippen molar-refractivity contribution >= 4 is 37.3 Å². The number of amides is 2. The zero-order chi connectivity index (χ0) is 31.8. The number of ether oxygens (including phenoxy) is 1. The molecule has 1 atom stereocenters. The lowest BCUT2D eigenvalue weighted by Crippen LogP contribution is -2.50. The van der Waals surface area contributed by atoms with Crippen molar-refractivity contribution in [2.75, 3.05) is 11.9 Å². The lowest BCUT2D eigenvalue weighted by molar-refractivity contribution is -0.119. The van der Waals surface area contributed by atoms with Crippen LogP contribution in [0.2, 0.25) is 30.8 Å². The fraction of sp³-hybridized carbons (Fsp3) is 0.594. The van der Waals surface area contributed by atoms with Gasteiger partial charge in [-0.15, -0.1) is 0 Å². The van der Waals surface area contributed by atoms with Gasteiger partial charge in [0.15, 0.2) is 0 Å². The summed E-state index contributed by atoms with van der Waals surface area (Å²) >= 11 is 6.73. The van der Waals surface area contributed by atoms with E-state index in [9.17, 15) is 9.59 Å². The van der Waals surface area contributed by atoms with E-state index in [1.165, 1.54) is 6.26 Å². The van der Waals surface area contributed by atoms with Gasteiger partial charge in [0.2, 0.25) is 5.91 Å². The van der Waals surface area contributed by atoms with E-state index >= 15 is 0 Å². The van der Waals surface area contributed by atoms with E-state index in [0.717, 1.165) is 54.2 Å². The molecular formula is C32H45ClN6O4Si. The van der Waals surface area contributed by atoms with E-state index in [1.54, 1.807) is 6.07 Å². The van der Waals surface area contributed by atoms with Gasteiger partial charge in [-0.25, -0.2) is 9.67 Å². The predicted octanol–water partition coefficient (Wildman–Crippen LogP) is 6.81. The van der Waals surface area contributed by atoms with Crippen molar-refractivity contribution in [1.29, 1.82) is 0 Å². The highest BCUT2D eigenvalue weighted by atomic mass is 35.5. The summed E-state index contributed by atoms with van der Waals surface area (Å²) in [6, 6.07) is 3.99. The Hall–Kier alpha value is -3.02. The number of hydrogen-bond acceptors (Lipinski definition) is 7. The fourth-order valence-electron chi connectivity index (χ4n) is 5.91. The van der Waals surface area contributed by atoms with Crippen molar-refractivity contribution in [1.82, 2.24) is 25.2 Å². The Kier molecular flexibility index (Phi) is 9.67. The molecule has 0 radical (unpaired) electrons. The van der Waals surface area contributed by atoms with Gasteiger partial charge in [-0.3, -0.25) is 9.59 Å². The summed E-state index contributed by atoms with van der Waals surface area (Å²) < 4.78 is 12.9. The van der Waals surface area contributed by atoms with Gasteiger partial charge in [-0.2, -0.15) is 5.10 Å². The monoisotopic (exact) mass is 640 g/mol. The summed E-state index contributed by atoms with van der Waals surface area (Å²) in [5.41, 5.74) is 4.33. The molecule has 3 heterocycles. The zero-order valence-corrected chi connectivity index (χ0v) is 28.6. The zero-order valence-electron chi connectivity index (χ0n) is 26.9. The van der Waals surface area contributed by atoms with Gasteiger partial charge in [0.25, 0.3) is 5.91 Å². The largest absolute Gasteiger partial charge is 0.364 e. The van der Waals surface area contributed by atoms with Crippen molar-refractivity contribution in [3.05, 3.63) is 46.2 Å². The lowest BCUT2D eigenvalue weighted by Gasteiger charge is -2.27. The molecule has 12 heteroatoms. The molecule has 0 unspecified atom stereocenters. The Morgan fingerprint density at radius 1 is 1.14 bits per heavy atom. The van der Waals surface area contributed by atoms with Crippen LogP contribution in [0.25, 0.3) is 11.1 Å². The normalized spacial score (nSPS) is 16.0. The third-order valence-corrected chi connectivity index (χ3v) is 10.6. The Morgan fingerprint density at radius 3 is 2.41 bits per heavy atom. The van der Waals surface area contributed by atoms with Crippen LogP contribution in [0.15, 0.2) is 22.9 Å². The van der Waals surface area contributed by atoms with Gasteiger partial charge in [0.05, 0.1) is 11.4 Å². The average molecular weight is 641 g/mol. The highest BCUT2D eigenvalue weighted by Crippen LogP contribution is 2.51. The molecule has 3 aromatic rings. The number of nitrogens with one attached hydrogen (secondary N) is 2. The van der Waals surface area contributed by atoms with Crippen LogP contribution in [0.4, 0.5) is 5.82 Å². The van der Waals surface area contributed by atoms with Crippen LogP contribution in [0.3, 0.4) is 0 Å². The lowest BCUT2D eigenvalue weighted by atomic mass is 9.88. The van der Waals surface area contributed by atoms with Crippen molar-refractivity contribution in [3.63, 3.8) is 0 Å². The molecular weight excluding hydrogens is 596 g/mol. The van der Waals surface area contributed by atoms with E-state index in [-0.39, 0.29) is 28.8 Å². The fourth-order valence-corrected chi connectivity index (χ4v) is 6.92. The molecule has 5 rings (SSSR count). The summed E-state index contributed by atoms with van der Waals surface area (Å²) in [5.74, 6) is 0.611. The van der Waals surface area contributed by atoms with Crippen molar-refractivity contribution in [3.8, 4) is 11.1 Å². The molecule has 2 saturated carbocycles. The highest BCUT2D eigenvalue weighted by Gasteiger charge is 2.48. The number of aryl methyl sites for hydroxylation is 1. The van der Waals surface area contributed by atoms with Crippen LogP contribution in [0, 0.1) is 31.6 Å². The smallest absolute Gasteiger partial charge is 0.257 e. The molecule has 0 spiro atoms. The third kappa shape index (κ3) is 7.60. The van der Waals surface area contributed by atoms with Crippen molar-refractivity contribution in [2.45, 2.75) is 97.8 Å². The Labute approximate surface area is 265 Å². The molecule has 44 heavy (non-hydrogen) atoms. The molecule has 0 bridgehead atoms. The number of aromatic nitrogens is 4. The van der Waals surface area contributed by atoms with Gasteiger partial charge >= 0.3 is 0 Å². The maximum absolute atomic E-state index is 13.8. The number of pyridine rings is 1. The number of nitrogens with zero attached hydrogens (tertiary/aromatic N) is 4. The first kappa shape index (κ1) is 32.4. The minimum Gasteiger partial charge on any atom is -0.364 e. The van der Waals surface area contributed by atoms with Crippen LogP contribution in [0.1, 0.15) is 72.9 Å². The second-order valence-corrected chi connectivity index (χ2v) is 19.9. The number of hydrogen-bond donors (Lipinski definition) is 2. The van der Waals surface area contributed by atoms with Crippen LogP contribution < -0.4 is 10.6 Å². The summed E-state index contributed by atoms with van der Waals surface area (Å²) in [6.45, 7) is 15.9. The first-order chi connectivity index (χ1) is 20.8. The molecule has 2 aliphatic carbocycles. The summed E-state index contributed by atoms with van der Waals surface area (Å²) in [6.07, 6.45) is 5.63.